The third-order valence-electron chi connectivity index (χ3n) is 2.47. The van der Waals surface area contributed by atoms with Gasteiger partial charge in [0.1, 0.15) is 11.9 Å². The van der Waals surface area contributed by atoms with E-state index in [0.29, 0.717) is 0 Å². The SMILES string of the molecule is Cc1ccc(S(=O)(=O)N[C@H](CCO)C(=O)O)cc1F. The zero-order valence-corrected chi connectivity index (χ0v) is 10.9. The zero-order chi connectivity index (χ0) is 14.6. The number of halogens is 1. The molecule has 8 heteroatoms. The summed E-state index contributed by atoms with van der Waals surface area (Å²) < 4.78 is 38.9. The molecule has 6 nitrogen and oxygen atoms in total. The number of hydrogen-bond acceptors (Lipinski definition) is 4. The van der Waals surface area contributed by atoms with E-state index in [1.807, 2.05) is 4.72 Å². The highest BCUT2D eigenvalue weighted by Crippen LogP contribution is 2.14. The molecule has 1 rings (SSSR count). The molecule has 0 unspecified atom stereocenters. The van der Waals surface area contributed by atoms with Crippen molar-refractivity contribution in [3.63, 3.8) is 0 Å². The van der Waals surface area contributed by atoms with Crippen LogP contribution in [0.3, 0.4) is 0 Å². The molecule has 0 saturated carbocycles. The molecule has 0 aliphatic heterocycles. The third-order valence-corrected chi connectivity index (χ3v) is 3.94. The minimum Gasteiger partial charge on any atom is -0.480 e. The van der Waals surface area contributed by atoms with Gasteiger partial charge in [-0.15, -0.1) is 0 Å². The van der Waals surface area contributed by atoms with E-state index in [9.17, 15) is 17.6 Å². The predicted molar refractivity (Wildman–Crippen MR) is 64.6 cm³/mol. The Morgan fingerprint density at radius 3 is 2.58 bits per heavy atom. The fraction of sp³-hybridized carbons (Fsp3) is 0.364. The van der Waals surface area contributed by atoms with Crippen molar-refractivity contribution in [1.29, 1.82) is 0 Å². The first-order chi connectivity index (χ1) is 8.77. The highest BCUT2D eigenvalue weighted by molar-refractivity contribution is 7.89. The Labute approximate surface area is 109 Å². The highest BCUT2D eigenvalue weighted by Gasteiger charge is 2.25. The number of sulfonamides is 1. The second kappa shape index (κ2) is 6.09. The van der Waals surface area contributed by atoms with Gasteiger partial charge in [0.05, 0.1) is 4.90 Å². The van der Waals surface area contributed by atoms with E-state index in [1.54, 1.807) is 0 Å². The summed E-state index contributed by atoms with van der Waals surface area (Å²) in [6, 6.07) is 1.82. The average molecular weight is 291 g/mol. The molecule has 106 valence electrons. The minimum absolute atomic E-state index is 0.275. The Morgan fingerprint density at radius 2 is 2.11 bits per heavy atom. The molecule has 0 aromatic heterocycles. The highest BCUT2D eigenvalue weighted by atomic mass is 32.2. The predicted octanol–water partition coefficient (Wildman–Crippen LogP) is 0.248. The van der Waals surface area contributed by atoms with Crippen LogP contribution in [0.4, 0.5) is 4.39 Å². The van der Waals surface area contributed by atoms with E-state index in [-0.39, 0.29) is 16.9 Å². The fourth-order valence-corrected chi connectivity index (χ4v) is 2.59. The first kappa shape index (κ1) is 15.5. The Hall–Kier alpha value is -1.51. The van der Waals surface area contributed by atoms with Crippen molar-refractivity contribution in [3.8, 4) is 0 Å². The number of benzene rings is 1. The molecular weight excluding hydrogens is 277 g/mol. The van der Waals surface area contributed by atoms with Crippen LogP contribution in [0.25, 0.3) is 0 Å². The van der Waals surface area contributed by atoms with Crippen molar-refractivity contribution in [1.82, 2.24) is 4.72 Å². The lowest BCUT2D eigenvalue weighted by Crippen LogP contribution is -2.41. The van der Waals surface area contributed by atoms with E-state index >= 15 is 0 Å². The van der Waals surface area contributed by atoms with Gasteiger partial charge < -0.3 is 10.2 Å². The van der Waals surface area contributed by atoms with Crippen LogP contribution >= 0.6 is 0 Å². The molecule has 0 aliphatic rings. The lowest BCUT2D eigenvalue weighted by Gasteiger charge is -2.13. The third kappa shape index (κ3) is 3.98. The van der Waals surface area contributed by atoms with Gasteiger partial charge >= 0.3 is 5.97 Å². The number of aliphatic hydroxyl groups excluding tert-OH is 1. The van der Waals surface area contributed by atoms with Crippen molar-refractivity contribution >= 4 is 16.0 Å². The first-order valence-electron chi connectivity index (χ1n) is 5.40. The van der Waals surface area contributed by atoms with E-state index in [4.69, 9.17) is 10.2 Å². The maximum absolute atomic E-state index is 13.3. The van der Waals surface area contributed by atoms with Crippen LogP contribution in [-0.4, -0.2) is 37.2 Å². The van der Waals surface area contributed by atoms with E-state index in [2.05, 4.69) is 0 Å². The normalized spacial score (nSPS) is 13.2. The van der Waals surface area contributed by atoms with Gasteiger partial charge in [0.15, 0.2) is 0 Å². The second-order valence-corrected chi connectivity index (χ2v) is 5.65. The van der Waals surface area contributed by atoms with E-state index < -0.39 is 34.5 Å². The van der Waals surface area contributed by atoms with Crippen LogP contribution in [0.1, 0.15) is 12.0 Å². The van der Waals surface area contributed by atoms with E-state index in [1.165, 1.54) is 19.1 Å². The maximum Gasteiger partial charge on any atom is 0.321 e. The molecule has 1 atom stereocenters. The van der Waals surface area contributed by atoms with Gasteiger partial charge in [-0.25, -0.2) is 12.8 Å². The summed E-state index contributed by atoms with van der Waals surface area (Å²) in [7, 11) is -4.15. The van der Waals surface area contributed by atoms with Crippen molar-refractivity contribution in [2.24, 2.45) is 0 Å². The molecule has 0 radical (unpaired) electrons. The summed E-state index contributed by atoms with van der Waals surface area (Å²) in [5, 5.41) is 17.5. The number of nitrogens with one attached hydrogen (secondary N) is 1. The van der Waals surface area contributed by atoms with Crippen LogP contribution in [-0.2, 0) is 14.8 Å². The van der Waals surface area contributed by atoms with Gasteiger partial charge in [-0.1, -0.05) is 6.07 Å². The van der Waals surface area contributed by atoms with Gasteiger partial charge in [-0.3, -0.25) is 4.79 Å². The molecule has 0 fully saturated rings. The minimum atomic E-state index is -4.15. The summed E-state index contributed by atoms with van der Waals surface area (Å²) in [5.41, 5.74) is 0.282. The number of hydrogen-bond donors (Lipinski definition) is 3. The number of carboxylic acids is 1. The molecule has 0 spiro atoms. The van der Waals surface area contributed by atoms with Crippen LogP contribution in [0.15, 0.2) is 23.1 Å². The zero-order valence-electron chi connectivity index (χ0n) is 10.1. The molecule has 0 amide bonds. The Balaban J connectivity index is 3.03. The van der Waals surface area contributed by atoms with Crippen LogP contribution in [0, 0.1) is 12.7 Å². The van der Waals surface area contributed by atoms with Gasteiger partial charge in [0.2, 0.25) is 10.0 Å². The quantitative estimate of drug-likeness (QED) is 0.697. The number of rotatable bonds is 6. The van der Waals surface area contributed by atoms with Gasteiger partial charge in [0, 0.05) is 6.61 Å². The molecule has 1 aromatic carbocycles. The number of aryl methyl sites for hydroxylation is 1. The van der Waals surface area contributed by atoms with E-state index in [0.717, 1.165) is 6.07 Å². The smallest absolute Gasteiger partial charge is 0.321 e. The molecule has 19 heavy (non-hydrogen) atoms. The molecule has 0 aliphatic carbocycles. The van der Waals surface area contributed by atoms with Crippen molar-refractivity contribution in [2.45, 2.75) is 24.3 Å². The monoisotopic (exact) mass is 291 g/mol. The topological polar surface area (TPSA) is 104 Å². The summed E-state index contributed by atoms with van der Waals surface area (Å²) >= 11 is 0. The average Bonchev–Trinajstić information content (AvgIpc) is 2.31. The summed E-state index contributed by atoms with van der Waals surface area (Å²) in [4.78, 5) is 10.4. The number of aliphatic carboxylic acids is 1. The molecular formula is C11H14FNO5S. The lowest BCUT2D eigenvalue weighted by molar-refractivity contribution is -0.139. The number of carboxylic acid groups (broad SMARTS) is 1. The Morgan fingerprint density at radius 1 is 1.47 bits per heavy atom. The second-order valence-electron chi connectivity index (χ2n) is 3.94. The van der Waals surface area contributed by atoms with Crippen LogP contribution in [0.2, 0.25) is 0 Å². The van der Waals surface area contributed by atoms with Gasteiger partial charge in [0.25, 0.3) is 0 Å². The Kier molecular flexibility index (Phi) is 4.98. The number of carbonyl (C=O) groups is 1. The Bertz CT molecular complexity index is 572. The summed E-state index contributed by atoms with van der Waals surface area (Å²) in [5.74, 6) is -2.11. The fourth-order valence-electron chi connectivity index (χ4n) is 1.36. The molecule has 0 bridgehead atoms. The summed E-state index contributed by atoms with van der Waals surface area (Å²) in [6.45, 7) is 0.993. The lowest BCUT2D eigenvalue weighted by atomic mass is 10.2. The van der Waals surface area contributed by atoms with Crippen LogP contribution < -0.4 is 4.72 Å². The standard InChI is InChI=1S/C11H14FNO5S/c1-7-2-3-8(6-9(7)12)19(17,18)13-10(4-5-14)11(15)16/h2-3,6,10,13-14H,4-5H2,1H3,(H,15,16)/t10-/m1/s1. The maximum atomic E-state index is 13.3. The van der Waals surface area contributed by atoms with Crippen molar-refractivity contribution < 1.29 is 27.8 Å². The molecule has 0 saturated heterocycles. The first-order valence-corrected chi connectivity index (χ1v) is 6.88. The summed E-state index contributed by atoms with van der Waals surface area (Å²) in [6.07, 6.45) is -0.275. The molecule has 3 N–H and O–H groups in total. The largest absolute Gasteiger partial charge is 0.480 e. The molecule has 1 aromatic rings. The van der Waals surface area contributed by atoms with Crippen LogP contribution in [0.5, 0.6) is 0 Å². The van der Waals surface area contributed by atoms with Gasteiger partial charge in [-0.2, -0.15) is 4.72 Å². The van der Waals surface area contributed by atoms with Gasteiger partial charge in [-0.05, 0) is 31.0 Å². The van der Waals surface area contributed by atoms with Crippen molar-refractivity contribution in [3.05, 3.63) is 29.6 Å². The van der Waals surface area contributed by atoms with Crippen molar-refractivity contribution in [2.75, 3.05) is 6.61 Å². The number of aliphatic hydroxyl groups is 1. The molecule has 0 heterocycles.